The van der Waals surface area contributed by atoms with Gasteiger partial charge in [0.2, 0.25) is 0 Å². The average Bonchev–Trinajstić information content (AvgIpc) is 2.59. The van der Waals surface area contributed by atoms with Crippen molar-refractivity contribution in [3.8, 4) is 0 Å². The fourth-order valence-electron chi connectivity index (χ4n) is 2.06. The van der Waals surface area contributed by atoms with E-state index in [4.69, 9.17) is 4.74 Å². The van der Waals surface area contributed by atoms with Crippen molar-refractivity contribution in [2.45, 2.75) is 26.4 Å². The number of amides is 1. The average molecular weight is 307 g/mol. The molecule has 1 heterocycles. The van der Waals surface area contributed by atoms with Gasteiger partial charge in [-0.2, -0.15) is 0 Å². The second-order valence-corrected chi connectivity index (χ2v) is 8.00. The molecule has 8 heteroatoms. The first-order chi connectivity index (χ1) is 9.04. The Morgan fingerprint density at radius 1 is 1.25 bits per heavy atom. The van der Waals surface area contributed by atoms with Crippen LogP contribution < -0.4 is 5.32 Å². The van der Waals surface area contributed by atoms with Crippen molar-refractivity contribution in [1.82, 2.24) is 5.32 Å². The van der Waals surface area contributed by atoms with Gasteiger partial charge >= 0.3 is 12.1 Å². The third-order valence-electron chi connectivity index (χ3n) is 2.88. The van der Waals surface area contributed by atoms with Crippen LogP contribution in [-0.4, -0.2) is 51.2 Å². The summed E-state index contributed by atoms with van der Waals surface area (Å²) in [5, 5.41) is 2.49. The van der Waals surface area contributed by atoms with E-state index < -0.39 is 39.3 Å². The van der Waals surface area contributed by atoms with Gasteiger partial charge in [0.05, 0.1) is 24.5 Å². The normalized spacial score (nSPS) is 25.0. The maximum absolute atomic E-state index is 11.6. The molecule has 0 bridgehead atoms. The molecule has 0 saturated carbocycles. The monoisotopic (exact) mass is 307 g/mol. The summed E-state index contributed by atoms with van der Waals surface area (Å²) < 4.78 is 32.8. The second-order valence-electron chi connectivity index (χ2n) is 5.85. The minimum Gasteiger partial charge on any atom is -0.469 e. The molecular weight excluding hydrogens is 286 g/mol. The Bertz CT molecular complexity index is 479. The molecular formula is C12H21NO6S. The third-order valence-corrected chi connectivity index (χ3v) is 4.68. The van der Waals surface area contributed by atoms with Crippen LogP contribution in [0.15, 0.2) is 0 Å². The number of rotatable bonds is 3. The van der Waals surface area contributed by atoms with Crippen LogP contribution >= 0.6 is 0 Å². The Morgan fingerprint density at radius 2 is 1.85 bits per heavy atom. The molecule has 1 saturated heterocycles. The highest BCUT2D eigenvalue weighted by molar-refractivity contribution is 7.91. The predicted octanol–water partition coefficient (Wildman–Crippen LogP) is 0.345. The van der Waals surface area contributed by atoms with Crippen LogP contribution in [0.2, 0.25) is 0 Å². The summed E-state index contributed by atoms with van der Waals surface area (Å²) in [6.07, 6.45) is -0.634. The Kier molecular flexibility index (Phi) is 5.01. The van der Waals surface area contributed by atoms with Crippen molar-refractivity contribution in [2.75, 3.05) is 25.2 Å². The van der Waals surface area contributed by atoms with Gasteiger partial charge in [0.15, 0.2) is 9.84 Å². The lowest BCUT2D eigenvalue weighted by Gasteiger charge is -2.21. The van der Waals surface area contributed by atoms with Gasteiger partial charge in [0.1, 0.15) is 5.60 Å². The fraction of sp³-hybridized carbons (Fsp3) is 0.833. The summed E-state index contributed by atoms with van der Waals surface area (Å²) in [4.78, 5) is 23.1. The van der Waals surface area contributed by atoms with Gasteiger partial charge in [-0.3, -0.25) is 4.79 Å². The number of hydrogen-bond donors (Lipinski definition) is 1. The van der Waals surface area contributed by atoms with Gasteiger partial charge in [0, 0.05) is 12.5 Å². The Labute approximate surface area is 118 Å². The molecule has 2 unspecified atom stereocenters. The number of ether oxygens (including phenoxy) is 2. The molecule has 0 radical (unpaired) electrons. The molecule has 1 aliphatic heterocycles. The minimum absolute atomic E-state index is 0.0634. The molecule has 7 nitrogen and oxygen atoms in total. The molecule has 1 rings (SSSR count). The van der Waals surface area contributed by atoms with E-state index in [1.165, 1.54) is 7.11 Å². The molecule has 116 valence electrons. The summed E-state index contributed by atoms with van der Waals surface area (Å²) in [5.41, 5.74) is -0.631. The molecule has 0 aromatic carbocycles. The molecule has 1 aliphatic rings. The molecule has 2 atom stereocenters. The number of esters is 1. The zero-order valence-electron chi connectivity index (χ0n) is 12.1. The molecule has 0 spiro atoms. The van der Waals surface area contributed by atoms with E-state index in [-0.39, 0.29) is 18.1 Å². The van der Waals surface area contributed by atoms with Crippen molar-refractivity contribution in [2.24, 2.45) is 11.8 Å². The van der Waals surface area contributed by atoms with Crippen molar-refractivity contribution in [3.63, 3.8) is 0 Å². The van der Waals surface area contributed by atoms with E-state index in [9.17, 15) is 18.0 Å². The van der Waals surface area contributed by atoms with Gasteiger partial charge in [-0.25, -0.2) is 13.2 Å². The van der Waals surface area contributed by atoms with Crippen molar-refractivity contribution >= 4 is 21.9 Å². The molecule has 0 aromatic rings. The van der Waals surface area contributed by atoms with E-state index in [0.717, 1.165) is 0 Å². The first-order valence-electron chi connectivity index (χ1n) is 6.29. The smallest absolute Gasteiger partial charge is 0.407 e. The molecule has 1 N–H and O–H groups in total. The summed E-state index contributed by atoms with van der Waals surface area (Å²) in [5.74, 6) is -2.16. The van der Waals surface area contributed by atoms with E-state index in [0.29, 0.717) is 0 Å². The predicted molar refractivity (Wildman–Crippen MR) is 71.9 cm³/mol. The Hall–Kier alpha value is -1.31. The van der Waals surface area contributed by atoms with E-state index in [1.54, 1.807) is 20.8 Å². The number of alkyl carbamates (subject to hydrolysis) is 1. The first-order valence-corrected chi connectivity index (χ1v) is 8.11. The Morgan fingerprint density at radius 3 is 2.35 bits per heavy atom. The quantitative estimate of drug-likeness (QED) is 0.755. The number of methoxy groups -OCH3 is 1. The summed E-state index contributed by atoms with van der Waals surface area (Å²) in [7, 11) is -2.06. The number of nitrogens with one attached hydrogen (secondary N) is 1. The standard InChI is InChI=1S/C12H21NO6S/c1-12(2,3)19-11(15)13-5-8-6-20(16,17)7-9(8)10(14)18-4/h8-9H,5-7H2,1-4H3,(H,13,15). The minimum atomic E-state index is -3.28. The van der Waals surface area contributed by atoms with E-state index >= 15 is 0 Å². The lowest BCUT2D eigenvalue weighted by Crippen LogP contribution is -2.38. The van der Waals surface area contributed by atoms with Crippen LogP contribution in [0.1, 0.15) is 20.8 Å². The number of carbonyl (C=O) groups excluding carboxylic acids is 2. The highest BCUT2D eigenvalue weighted by Crippen LogP contribution is 2.26. The highest BCUT2D eigenvalue weighted by Gasteiger charge is 2.42. The largest absolute Gasteiger partial charge is 0.469 e. The van der Waals surface area contributed by atoms with Gasteiger partial charge in [-0.15, -0.1) is 0 Å². The lowest BCUT2D eigenvalue weighted by atomic mass is 9.96. The number of carbonyl (C=O) groups is 2. The van der Waals surface area contributed by atoms with Crippen LogP contribution in [0.25, 0.3) is 0 Å². The van der Waals surface area contributed by atoms with Crippen LogP contribution in [0, 0.1) is 11.8 Å². The van der Waals surface area contributed by atoms with Gasteiger partial charge in [-0.1, -0.05) is 0 Å². The van der Waals surface area contributed by atoms with Crippen molar-refractivity contribution in [1.29, 1.82) is 0 Å². The zero-order valence-corrected chi connectivity index (χ0v) is 13.0. The van der Waals surface area contributed by atoms with Crippen molar-refractivity contribution < 1.29 is 27.5 Å². The number of sulfone groups is 1. The van der Waals surface area contributed by atoms with Gasteiger partial charge < -0.3 is 14.8 Å². The Balaban J connectivity index is 2.61. The first kappa shape index (κ1) is 16.7. The molecule has 20 heavy (non-hydrogen) atoms. The zero-order chi connectivity index (χ0) is 15.6. The maximum Gasteiger partial charge on any atom is 0.407 e. The third kappa shape index (κ3) is 4.99. The van der Waals surface area contributed by atoms with Crippen LogP contribution in [0.3, 0.4) is 0 Å². The SMILES string of the molecule is COC(=O)C1CS(=O)(=O)CC1CNC(=O)OC(C)(C)C. The van der Waals surface area contributed by atoms with Gasteiger partial charge in [0.25, 0.3) is 0 Å². The highest BCUT2D eigenvalue weighted by atomic mass is 32.2. The molecule has 1 fully saturated rings. The van der Waals surface area contributed by atoms with E-state index in [1.807, 2.05) is 0 Å². The maximum atomic E-state index is 11.6. The molecule has 1 amide bonds. The lowest BCUT2D eigenvalue weighted by molar-refractivity contribution is -0.145. The molecule has 0 aromatic heterocycles. The summed E-state index contributed by atoms with van der Waals surface area (Å²) in [6, 6.07) is 0. The van der Waals surface area contributed by atoms with Crippen LogP contribution in [-0.2, 0) is 24.1 Å². The fourth-order valence-corrected chi connectivity index (χ4v) is 4.16. The molecule has 0 aliphatic carbocycles. The van der Waals surface area contributed by atoms with Crippen LogP contribution in [0.4, 0.5) is 4.79 Å². The van der Waals surface area contributed by atoms with Gasteiger partial charge in [-0.05, 0) is 20.8 Å². The van der Waals surface area contributed by atoms with Crippen molar-refractivity contribution in [3.05, 3.63) is 0 Å². The second kappa shape index (κ2) is 5.99. The van der Waals surface area contributed by atoms with E-state index in [2.05, 4.69) is 10.1 Å². The topological polar surface area (TPSA) is 98.8 Å². The number of hydrogen-bond acceptors (Lipinski definition) is 6. The van der Waals surface area contributed by atoms with Crippen LogP contribution in [0.5, 0.6) is 0 Å². The summed E-state index contributed by atoms with van der Waals surface area (Å²) >= 11 is 0. The summed E-state index contributed by atoms with van der Waals surface area (Å²) in [6.45, 7) is 5.24.